The number of hydrogen-bond acceptors (Lipinski definition) is 5. The lowest BCUT2D eigenvalue weighted by Crippen LogP contribution is -2.31. The van der Waals surface area contributed by atoms with Crippen LogP contribution in [0.25, 0.3) is 0 Å². The summed E-state index contributed by atoms with van der Waals surface area (Å²) in [6.45, 7) is 7.15. The van der Waals surface area contributed by atoms with Crippen molar-refractivity contribution < 1.29 is 0 Å². The van der Waals surface area contributed by atoms with E-state index < -0.39 is 0 Å². The molecule has 0 N–H and O–H groups in total. The molecule has 0 atom stereocenters. The normalized spacial score (nSPS) is 15.5. The van der Waals surface area contributed by atoms with E-state index in [0.29, 0.717) is 0 Å². The molecule has 4 nitrogen and oxygen atoms in total. The zero-order chi connectivity index (χ0) is 13.2. The fourth-order valence-electron chi connectivity index (χ4n) is 2.40. The van der Waals surface area contributed by atoms with E-state index in [1.54, 1.807) is 11.3 Å². The number of fused-ring (bicyclic) bond motifs is 1. The number of aromatic nitrogens is 3. The first-order valence-electron chi connectivity index (χ1n) is 6.72. The van der Waals surface area contributed by atoms with Gasteiger partial charge in [0.1, 0.15) is 5.82 Å². The van der Waals surface area contributed by atoms with Gasteiger partial charge in [0.25, 0.3) is 0 Å². The number of rotatable bonds is 3. The molecule has 2 aromatic heterocycles. The quantitative estimate of drug-likeness (QED) is 0.861. The molecule has 5 heteroatoms. The minimum Gasteiger partial charge on any atom is -0.292 e. The molecule has 3 rings (SSSR count). The molecule has 0 bridgehead atoms. The van der Waals surface area contributed by atoms with Gasteiger partial charge in [-0.1, -0.05) is 6.92 Å². The van der Waals surface area contributed by atoms with Crippen molar-refractivity contribution >= 4 is 11.3 Å². The molecule has 19 heavy (non-hydrogen) atoms. The van der Waals surface area contributed by atoms with Gasteiger partial charge in [-0.15, -0.1) is 11.3 Å². The Bertz CT molecular complexity index is 579. The van der Waals surface area contributed by atoms with E-state index in [2.05, 4.69) is 33.7 Å². The molecule has 0 spiro atoms. The van der Waals surface area contributed by atoms with Crippen molar-refractivity contribution in [1.29, 1.82) is 0 Å². The van der Waals surface area contributed by atoms with E-state index in [1.165, 1.54) is 16.1 Å². The van der Waals surface area contributed by atoms with E-state index in [0.717, 1.165) is 43.3 Å². The predicted octanol–water partition coefficient (Wildman–Crippen LogP) is 2.36. The topological polar surface area (TPSA) is 41.9 Å². The third-order valence-electron chi connectivity index (χ3n) is 3.44. The molecule has 3 heterocycles. The molecule has 100 valence electrons. The highest BCUT2D eigenvalue weighted by molar-refractivity contribution is 7.11. The van der Waals surface area contributed by atoms with Crippen molar-refractivity contribution in [2.24, 2.45) is 0 Å². The van der Waals surface area contributed by atoms with Gasteiger partial charge in [0.05, 0.1) is 10.7 Å². The van der Waals surface area contributed by atoms with Crippen LogP contribution in [0.2, 0.25) is 0 Å². The summed E-state index contributed by atoms with van der Waals surface area (Å²) in [5.41, 5.74) is 2.52. The van der Waals surface area contributed by atoms with Crippen molar-refractivity contribution in [3.8, 4) is 0 Å². The average molecular weight is 274 g/mol. The fourth-order valence-corrected chi connectivity index (χ4v) is 3.24. The lowest BCUT2D eigenvalue weighted by atomic mass is 10.1. The summed E-state index contributed by atoms with van der Waals surface area (Å²) in [4.78, 5) is 17.2. The molecular formula is C14H18N4S. The molecule has 0 aliphatic carbocycles. The third kappa shape index (κ3) is 2.82. The molecular weight excluding hydrogens is 256 g/mol. The summed E-state index contributed by atoms with van der Waals surface area (Å²) in [6, 6.07) is 0. The minimum atomic E-state index is 0.904. The maximum atomic E-state index is 4.66. The number of nitrogens with zero attached hydrogens (tertiary/aromatic N) is 4. The first-order chi connectivity index (χ1) is 9.24. The second-order valence-electron chi connectivity index (χ2n) is 4.92. The van der Waals surface area contributed by atoms with Gasteiger partial charge >= 0.3 is 0 Å². The maximum Gasteiger partial charge on any atom is 0.128 e. The Morgan fingerprint density at radius 3 is 2.95 bits per heavy atom. The van der Waals surface area contributed by atoms with Gasteiger partial charge in [0, 0.05) is 43.3 Å². The van der Waals surface area contributed by atoms with Crippen molar-refractivity contribution in [3.05, 3.63) is 39.4 Å². The van der Waals surface area contributed by atoms with Crippen LogP contribution < -0.4 is 0 Å². The van der Waals surface area contributed by atoms with Crippen LogP contribution in [0.5, 0.6) is 0 Å². The first kappa shape index (κ1) is 12.7. The summed E-state index contributed by atoms with van der Waals surface area (Å²) in [5.74, 6) is 0.953. The lowest BCUT2D eigenvalue weighted by Gasteiger charge is -2.27. The molecule has 0 amide bonds. The summed E-state index contributed by atoms with van der Waals surface area (Å²) < 4.78 is 0. The average Bonchev–Trinajstić information content (AvgIpc) is 2.83. The van der Waals surface area contributed by atoms with Crippen molar-refractivity contribution in [2.75, 3.05) is 6.54 Å². The standard InChI is InChI=1S/C14H18N4S/c1-3-14-16-6-11-4-5-18(9-13(11)17-14)8-12-7-15-10(2)19-12/h6-7H,3-5,8-9H2,1-2H3. The molecule has 1 aliphatic rings. The van der Waals surface area contributed by atoms with E-state index in [-0.39, 0.29) is 0 Å². The second-order valence-corrected chi connectivity index (χ2v) is 6.24. The molecule has 2 aromatic rings. The monoisotopic (exact) mass is 274 g/mol. The summed E-state index contributed by atoms with van der Waals surface area (Å²) in [5, 5.41) is 1.14. The number of thiazole rings is 1. The SMILES string of the molecule is CCc1ncc2c(n1)CN(Cc1cnc(C)s1)CC2. The van der Waals surface area contributed by atoms with Gasteiger partial charge in [-0.2, -0.15) is 0 Å². The molecule has 0 aromatic carbocycles. The highest BCUT2D eigenvalue weighted by Gasteiger charge is 2.18. The highest BCUT2D eigenvalue weighted by Crippen LogP contribution is 2.20. The van der Waals surface area contributed by atoms with Gasteiger partial charge in [-0.25, -0.2) is 15.0 Å². The van der Waals surface area contributed by atoms with Crippen molar-refractivity contribution in [3.63, 3.8) is 0 Å². The zero-order valence-corrected chi connectivity index (χ0v) is 12.2. The van der Waals surface area contributed by atoms with Gasteiger partial charge in [0.15, 0.2) is 0 Å². The number of hydrogen-bond donors (Lipinski definition) is 0. The van der Waals surface area contributed by atoms with Crippen LogP contribution in [-0.2, 0) is 25.9 Å². The van der Waals surface area contributed by atoms with Gasteiger partial charge in [-0.3, -0.25) is 4.90 Å². The van der Waals surface area contributed by atoms with E-state index in [9.17, 15) is 0 Å². The van der Waals surface area contributed by atoms with E-state index in [1.807, 2.05) is 12.4 Å². The van der Waals surface area contributed by atoms with Crippen LogP contribution >= 0.6 is 11.3 Å². The van der Waals surface area contributed by atoms with E-state index in [4.69, 9.17) is 0 Å². The Morgan fingerprint density at radius 2 is 2.21 bits per heavy atom. The summed E-state index contributed by atoms with van der Waals surface area (Å²) >= 11 is 1.78. The largest absolute Gasteiger partial charge is 0.292 e. The Hall–Kier alpha value is -1.33. The summed E-state index contributed by atoms with van der Waals surface area (Å²) in [6.07, 6.45) is 5.96. The first-order valence-corrected chi connectivity index (χ1v) is 7.53. The van der Waals surface area contributed by atoms with Crippen LogP contribution in [0, 0.1) is 6.92 Å². The van der Waals surface area contributed by atoms with Crippen LogP contribution in [0.15, 0.2) is 12.4 Å². The Kier molecular flexibility index (Phi) is 3.57. The second kappa shape index (κ2) is 5.35. The van der Waals surface area contributed by atoms with Gasteiger partial charge in [0.2, 0.25) is 0 Å². The van der Waals surface area contributed by atoms with Gasteiger partial charge < -0.3 is 0 Å². The van der Waals surface area contributed by atoms with Crippen LogP contribution in [0.3, 0.4) is 0 Å². The molecule has 0 saturated carbocycles. The zero-order valence-electron chi connectivity index (χ0n) is 11.4. The van der Waals surface area contributed by atoms with Crippen LogP contribution in [-0.4, -0.2) is 26.4 Å². The van der Waals surface area contributed by atoms with Crippen LogP contribution in [0.4, 0.5) is 0 Å². The van der Waals surface area contributed by atoms with E-state index >= 15 is 0 Å². The smallest absolute Gasteiger partial charge is 0.128 e. The Morgan fingerprint density at radius 1 is 1.32 bits per heavy atom. The highest BCUT2D eigenvalue weighted by atomic mass is 32.1. The Labute approximate surface area is 117 Å². The fraction of sp³-hybridized carbons (Fsp3) is 0.500. The molecule has 0 unspecified atom stereocenters. The lowest BCUT2D eigenvalue weighted by molar-refractivity contribution is 0.242. The predicted molar refractivity (Wildman–Crippen MR) is 76.1 cm³/mol. The number of aryl methyl sites for hydroxylation is 2. The Balaban J connectivity index is 1.74. The van der Waals surface area contributed by atoms with Gasteiger partial charge in [-0.05, 0) is 18.9 Å². The molecule has 1 aliphatic heterocycles. The van der Waals surface area contributed by atoms with Crippen LogP contribution in [0.1, 0.15) is 33.9 Å². The van der Waals surface area contributed by atoms with Crippen molar-refractivity contribution in [1.82, 2.24) is 19.9 Å². The minimum absolute atomic E-state index is 0.904. The van der Waals surface area contributed by atoms with Crippen molar-refractivity contribution in [2.45, 2.75) is 39.8 Å². The maximum absolute atomic E-state index is 4.66. The molecule has 0 saturated heterocycles. The molecule has 0 fully saturated rings. The molecule has 0 radical (unpaired) electrons. The summed E-state index contributed by atoms with van der Waals surface area (Å²) in [7, 11) is 0. The third-order valence-corrected chi connectivity index (χ3v) is 4.34.